The first-order valence-electron chi connectivity index (χ1n) is 6.05. The molecule has 1 atom stereocenters. The van der Waals surface area contributed by atoms with Gasteiger partial charge >= 0.3 is 0 Å². The Balaban J connectivity index is 2.04. The molecule has 0 aliphatic carbocycles. The number of halogens is 1. The summed E-state index contributed by atoms with van der Waals surface area (Å²) in [6.45, 7) is 2.71. The molecule has 0 bridgehead atoms. The summed E-state index contributed by atoms with van der Waals surface area (Å²) >= 11 is 7.74. The van der Waals surface area contributed by atoms with Crippen LogP contribution >= 0.6 is 22.9 Å². The minimum absolute atomic E-state index is 0.366. The molecule has 2 nitrogen and oxygen atoms in total. The summed E-state index contributed by atoms with van der Waals surface area (Å²) in [7, 11) is 0. The van der Waals surface area contributed by atoms with Crippen molar-refractivity contribution in [2.45, 2.75) is 25.7 Å². The Hall–Kier alpha value is -0.900. The monoisotopic (exact) mass is 280 g/mol. The molecule has 96 valence electrons. The second kappa shape index (κ2) is 6.32. The lowest BCUT2D eigenvalue weighted by Crippen LogP contribution is -2.13. The van der Waals surface area contributed by atoms with E-state index in [0.29, 0.717) is 12.5 Å². The van der Waals surface area contributed by atoms with Crippen LogP contribution in [0.25, 0.3) is 0 Å². The van der Waals surface area contributed by atoms with Gasteiger partial charge in [-0.05, 0) is 49.9 Å². The van der Waals surface area contributed by atoms with Crippen LogP contribution in [0.2, 0.25) is 5.02 Å². The predicted octanol–water partition coefficient (Wildman–Crippen LogP) is 3.78. The molecular formula is C14H17ClN2S. The fraction of sp³-hybridized carbons (Fsp3) is 0.357. The number of benzene rings is 1. The van der Waals surface area contributed by atoms with Gasteiger partial charge in [0.2, 0.25) is 0 Å². The van der Waals surface area contributed by atoms with Gasteiger partial charge in [0, 0.05) is 9.90 Å². The van der Waals surface area contributed by atoms with Crippen LogP contribution in [-0.2, 0) is 6.42 Å². The highest BCUT2D eigenvalue weighted by Crippen LogP contribution is 2.25. The number of nitrogens with zero attached hydrogens (tertiary/aromatic N) is 1. The smallest absolute Gasteiger partial charge is 0.0797 e. The van der Waals surface area contributed by atoms with E-state index in [9.17, 15) is 0 Å². The number of rotatable bonds is 5. The molecule has 2 aromatic rings. The Morgan fingerprint density at radius 1 is 1.44 bits per heavy atom. The summed E-state index contributed by atoms with van der Waals surface area (Å²) in [4.78, 5) is 5.63. The topological polar surface area (TPSA) is 38.9 Å². The molecule has 18 heavy (non-hydrogen) atoms. The molecule has 2 N–H and O–H groups in total. The molecule has 1 heterocycles. The molecule has 0 radical (unpaired) electrons. The predicted molar refractivity (Wildman–Crippen MR) is 78.4 cm³/mol. The largest absolute Gasteiger partial charge is 0.330 e. The van der Waals surface area contributed by atoms with Crippen LogP contribution in [0.15, 0.2) is 29.8 Å². The summed E-state index contributed by atoms with van der Waals surface area (Å²) in [5.74, 6) is 0.366. The van der Waals surface area contributed by atoms with Crippen molar-refractivity contribution in [3.8, 4) is 0 Å². The van der Waals surface area contributed by atoms with E-state index < -0.39 is 0 Å². The maximum absolute atomic E-state index is 6.02. The van der Waals surface area contributed by atoms with Crippen molar-refractivity contribution >= 4 is 22.9 Å². The number of hydrogen-bond acceptors (Lipinski definition) is 3. The molecule has 1 aromatic carbocycles. The van der Waals surface area contributed by atoms with E-state index >= 15 is 0 Å². The van der Waals surface area contributed by atoms with Gasteiger partial charge in [0.05, 0.1) is 11.2 Å². The number of aryl methyl sites for hydroxylation is 2. The molecule has 1 unspecified atom stereocenters. The number of aromatic nitrogens is 1. The van der Waals surface area contributed by atoms with Crippen LogP contribution in [0.1, 0.15) is 28.5 Å². The van der Waals surface area contributed by atoms with Crippen LogP contribution in [0.3, 0.4) is 0 Å². The molecule has 0 aliphatic rings. The minimum Gasteiger partial charge on any atom is -0.330 e. The Bertz CT molecular complexity index is 510. The third-order valence-corrected chi connectivity index (χ3v) is 4.40. The lowest BCUT2D eigenvalue weighted by Gasteiger charge is -2.15. The van der Waals surface area contributed by atoms with Crippen molar-refractivity contribution in [3.63, 3.8) is 0 Å². The Morgan fingerprint density at radius 2 is 2.28 bits per heavy atom. The van der Waals surface area contributed by atoms with Crippen molar-refractivity contribution < 1.29 is 0 Å². The van der Waals surface area contributed by atoms with Crippen LogP contribution in [0.5, 0.6) is 0 Å². The third-order valence-electron chi connectivity index (χ3n) is 3.17. The van der Waals surface area contributed by atoms with E-state index in [1.807, 2.05) is 23.7 Å². The summed E-state index contributed by atoms with van der Waals surface area (Å²) in [6, 6.07) is 7.99. The normalized spacial score (nSPS) is 12.6. The van der Waals surface area contributed by atoms with Gasteiger partial charge in [0.25, 0.3) is 0 Å². The van der Waals surface area contributed by atoms with Crippen molar-refractivity contribution in [1.29, 1.82) is 0 Å². The Kier molecular flexibility index (Phi) is 4.75. The van der Waals surface area contributed by atoms with Gasteiger partial charge in [-0.15, -0.1) is 11.3 Å². The van der Waals surface area contributed by atoms with Crippen LogP contribution in [0.4, 0.5) is 0 Å². The molecule has 0 saturated heterocycles. The standard InChI is InChI=1S/C14H17ClN2S/c1-10-14(18-9-17-10)6-5-12(8-16)11-3-2-4-13(15)7-11/h2-4,7,9,12H,5-6,8,16H2,1H3. The first-order valence-corrected chi connectivity index (χ1v) is 7.31. The lowest BCUT2D eigenvalue weighted by atomic mass is 9.94. The van der Waals surface area contributed by atoms with Crippen molar-refractivity contribution in [3.05, 3.63) is 50.9 Å². The molecule has 0 fully saturated rings. The third kappa shape index (κ3) is 3.31. The average molecular weight is 281 g/mol. The molecule has 0 spiro atoms. The molecule has 2 rings (SSSR count). The van der Waals surface area contributed by atoms with E-state index in [-0.39, 0.29) is 0 Å². The average Bonchev–Trinajstić information content (AvgIpc) is 2.76. The minimum atomic E-state index is 0.366. The van der Waals surface area contributed by atoms with Crippen LogP contribution in [0, 0.1) is 6.92 Å². The van der Waals surface area contributed by atoms with E-state index in [4.69, 9.17) is 17.3 Å². The first kappa shape index (κ1) is 13.5. The fourth-order valence-corrected chi connectivity index (χ4v) is 3.05. The van der Waals surface area contributed by atoms with Gasteiger partial charge in [-0.3, -0.25) is 0 Å². The van der Waals surface area contributed by atoms with Gasteiger partial charge in [0.15, 0.2) is 0 Å². The Morgan fingerprint density at radius 3 is 2.89 bits per heavy atom. The van der Waals surface area contributed by atoms with Crippen molar-refractivity contribution in [2.24, 2.45) is 5.73 Å². The highest BCUT2D eigenvalue weighted by atomic mass is 35.5. The quantitative estimate of drug-likeness (QED) is 0.905. The second-order valence-corrected chi connectivity index (χ2v) is 5.76. The van der Waals surface area contributed by atoms with Gasteiger partial charge in [-0.25, -0.2) is 4.98 Å². The zero-order valence-corrected chi connectivity index (χ0v) is 12.0. The van der Waals surface area contributed by atoms with Crippen LogP contribution < -0.4 is 5.73 Å². The molecule has 1 aromatic heterocycles. The summed E-state index contributed by atoms with van der Waals surface area (Å²) in [6.07, 6.45) is 2.07. The highest BCUT2D eigenvalue weighted by molar-refractivity contribution is 7.09. The van der Waals surface area contributed by atoms with Gasteiger partial charge in [0.1, 0.15) is 0 Å². The molecule has 0 saturated carbocycles. The molecular weight excluding hydrogens is 264 g/mol. The second-order valence-electron chi connectivity index (χ2n) is 4.39. The lowest BCUT2D eigenvalue weighted by molar-refractivity contribution is 0.636. The summed E-state index contributed by atoms with van der Waals surface area (Å²) in [5.41, 5.74) is 10.2. The number of nitrogens with two attached hydrogens (primary N) is 1. The summed E-state index contributed by atoms with van der Waals surface area (Å²) in [5, 5.41) is 0.778. The number of hydrogen-bond donors (Lipinski definition) is 1. The SMILES string of the molecule is Cc1ncsc1CCC(CN)c1cccc(Cl)c1. The maximum Gasteiger partial charge on any atom is 0.0797 e. The highest BCUT2D eigenvalue weighted by Gasteiger charge is 2.11. The van der Waals surface area contributed by atoms with Crippen molar-refractivity contribution in [2.75, 3.05) is 6.54 Å². The maximum atomic E-state index is 6.02. The van der Waals surface area contributed by atoms with E-state index in [1.54, 1.807) is 11.3 Å². The number of thiazole rings is 1. The molecule has 4 heteroatoms. The van der Waals surface area contributed by atoms with E-state index in [0.717, 1.165) is 23.6 Å². The van der Waals surface area contributed by atoms with E-state index in [2.05, 4.69) is 18.0 Å². The van der Waals surface area contributed by atoms with Crippen molar-refractivity contribution in [1.82, 2.24) is 4.98 Å². The van der Waals surface area contributed by atoms with Gasteiger partial charge in [-0.1, -0.05) is 23.7 Å². The van der Waals surface area contributed by atoms with Gasteiger partial charge < -0.3 is 5.73 Å². The first-order chi connectivity index (χ1) is 8.70. The fourth-order valence-electron chi connectivity index (χ4n) is 2.05. The molecule has 0 amide bonds. The molecule has 0 aliphatic heterocycles. The summed E-state index contributed by atoms with van der Waals surface area (Å²) < 4.78 is 0. The zero-order chi connectivity index (χ0) is 13.0. The Labute approximate surface area is 117 Å². The van der Waals surface area contributed by atoms with Crippen LogP contribution in [-0.4, -0.2) is 11.5 Å². The van der Waals surface area contributed by atoms with E-state index in [1.165, 1.54) is 10.4 Å². The zero-order valence-electron chi connectivity index (χ0n) is 10.4. The van der Waals surface area contributed by atoms with Gasteiger partial charge in [-0.2, -0.15) is 0 Å².